The molecule has 1 N–H and O–H groups in total. The number of fused-ring (bicyclic) bond motifs is 1. The van der Waals surface area contributed by atoms with Crippen molar-refractivity contribution < 1.29 is 14.4 Å². The van der Waals surface area contributed by atoms with Crippen LogP contribution in [0, 0.1) is 10.1 Å². The average molecular weight is 481 g/mol. The molecule has 0 saturated heterocycles. The Labute approximate surface area is 196 Å². The number of methoxy groups -OCH3 is 1. The molecular weight excluding hydrogens is 464 g/mol. The first-order valence-corrected chi connectivity index (χ1v) is 10.3. The van der Waals surface area contributed by atoms with Crippen LogP contribution in [0.25, 0.3) is 10.9 Å². The normalized spacial score (nSPS) is 11.1. The number of hydrogen-bond donors (Lipinski definition) is 1. The largest absolute Gasteiger partial charge is 0.493 e. The lowest BCUT2D eigenvalue weighted by Gasteiger charge is -2.13. The zero-order valence-corrected chi connectivity index (χ0v) is 18.5. The molecule has 0 aliphatic carbocycles. The van der Waals surface area contributed by atoms with E-state index in [9.17, 15) is 19.7 Å². The molecule has 0 aliphatic rings. The maximum absolute atomic E-state index is 12.6. The Morgan fingerprint density at radius 3 is 2.71 bits per heavy atom. The van der Waals surface area contributed by atoms with Gasteiger partial charge in [0.1, 0.15) is 6.61 Å². The molecule has 1 aromatic heterocycles. The molecule has 0 bridgehead atoms. The van der Waals surface area contributed by atoms with Gasteiger partial charge in [0.15, 0.2) is 11.5 Å². The number of para-hydroxylation sites is 1. The topological polar surface area (TPSA) is 129 Å². The van der Waals surface area contributed by atoms with Crippen molar-refractivity contribution in [3.63, 3.8) is 0 Å². The Morgan fingerprint density at radius 1 is 1.15 bits per heavy atom. The third-order valence-electron chi connectivity index (χ3n) is 4.86. The minimum absolute atomic E-state index is 0.0209. The lowest BCUT2D eigenvalue weighted by Crippen LogP contribution is -2.32. The van der Waals surface area contributed by atoms with Crippen LogP contribution in [-0.2, 0) is 6.61 Å². The molecule has 0 unspecified atom stereocenters. The Balaban J connectivity index is 1.61. The summed E-state index contributed by atoms with van der Waals surface area (Å²) < 4.78 is 11.8. The molecule has 0 aliphatic heterocycles. The number of non-ortho nitro benzene ring substituents is 1. The predicted molar refractivity (Wildman–Crippen MR) is 127 cm³/mol. The van der Waals surface area contributed by atoms with Crippen LogP contribution < -0.4 is 20.7 Å². The van der Waals surface area contributed by atoms with Crippen LogP contribution in [0.15, 0.2) is 75.4 Å². The van der Waals surface area contributed by atoms with Crippen LogP contribution in [0.4, 0.5) is 5.69 Å². The first kappa shape index (κ1) is 22.7. The molecule has 11 heteroatoms. The fourth-order valence-electron chi connectivity index (χ4n) is 3.25. The zero-order valence-electron chi connectivity index (χ0n) is 17.7. The van der Waals surface area contributed by atoms with Crippen molar-refractivity contribution in [3.05, 3.63) is 108 Å². The van der Waals surface area contributed by atoms with Crippen molar-refractivity contribution in [2.45, 2.75) is 6.61 Å². The number of aromatic amines is 1. The van der Waals surface area contributed by atoms with Gasteiger partial charge in [-0.2, -0.15) is 5.10 Å². The summed E-state index contributed by atoms with van der Waals surface area (Å²) in [6.45, 7) is 0.0209. The van der Waals surface area contributed by atoms with Gasteiger partial charge in [0.2, 0.25) is 0 Å². The molecule has 1 heterocycles. The van der Waals surface area contributed by atoms with E-state index >= 15 is 0 Å². The number of rotatable bonds is 7. The summed E-state index contributed by atoms with van der Waals surface area (Å²) in [5, 5.41) is 15.5. The Hall–Kier alpha value is -4.44. The first-order valence-electron chi connectivity index (χ1n) is 9.89. The van der Waals surface area contributed by atoms with Crippen LogP contribution in [0.3, 0.4) is 0 Å². The summed E-state index contributed by atoms with van der Waals surface area (Å²) in [5.74, 6) is 0.507. The lowest BCUT2D eigenvalue weighted by atomic mass is 10.2. The van der Waals surface area contributed by atoms with Gasteiger partial charge in [-0.3, -0.25) is 14.9 Å². The standard InChI is InChI=1S/C23H17ClN4O6/c1-33-20-11-15(12-25-27-22(29)17-7-2-3-8-19(17)26-23(27)30)10-18(24)21(20)34-13-14-5-4-6-16(9-14)28(31)32/h2-12H,13H2,1H3,(H,26,30). The van der Waals surface area contributed by atoms with Crippen molar-refractivity contribution in [2.75, 3.05) is 7.11 Å². The highest BCUT2D eigenvalue weighted by molar-refractivity contribution is 6.32. The highest BCUT2D eigenvalue weighted by Gasteiger charge is 2.14. The van der Waals surface area contributed by atoms with E-state index < -0.39 is 16.2 Å². The third kappa shape index (κ3) is 4.66. The third-order valence-corrected chi connectivity index (χ3v) is 5.14. The van der Waals surface area contributed by atoms with Gasteiger partial charge in [-0.05, 0) is 35.4 Å². The smallest absolute Gasteiger partial charge is 0.349 e. The average Bonchev–Trinajstić information content (AvgIpc) is 2.83. The summed E-state index contributed by atoms with van der Waals surface area (Å²) in [5.41, 5.74) is 0.140. The van der Waals surface area contributed by atoms with Crippen LogP contribution in [0.5, 0.6) is 11.5 Å². The maximum atomic E-state index is 12.6. The summed E-state index contributed by atoms with van der Waals surface area (Å²) in [7, 11) is 1.42. The summed E-state index contributed by atoms with van der Waals surface area (Å²) in [6, 6.07) is 15.7. The van der Waals surface area contributed by atoms with Crippen LogP contribution in [-0.4, -0.2) is 27.9 Å². The first-order chi connectivity index (χ1) is 16.4. The van der Waals surface area contributed by atoms with Crippen molar-refractivity contribution in [1.82, 2.24) is 9.66 Å². The highest BCUT2D eigenvalue weighted by Crippen LogP contribution is 2.36. The second-order valence-electron chi connectivity index (χ2n) is 7.09. The second-order valence-corrected chi connectivity index (χ2v) is 7.49. The van der Waals surface area contributed by atoms with E-state index in [0.29, 0.717) is 22.0 Å². The number of hydrogen-bond acceptors (Lipinski definition) is 7. The molecule has 10 nitrogen and oxygen atoms in total. The Morgan fingerprint density at radius 2 is 1.94 bits per heavy atom. The molecule has 34 heavy (non-hydrogen) atoms. The molecule has 0 amide bonds. The van der Waals surface area contributed by atoms with E-state index in [0.717, 1.165) is 4.68 Å². The lowest BCUT2D eigenvalue weighted by molar-refractivity contribution is -0.384. The van der Waals surface area contributed by atoms with Crippen LogP contribution >= 0.6 is 11.6 Å². The SMILES string of the molecule is COc1cc(C=Nn2c(=O)[nH]c3ccccc3c2=O)cc(Cl)c1OCc1cccc([N+](=O)[O-])c1. The molecule has 0 saturated carbocycles. The Bertz CT molecular complexity index is 1540. The van der Waals surface area contributed by atoms with E-state index in [1.165, 1.54) is 31.5 Å². The molecule has 0 atom stereocenters. The fraction of sp³-hybridized carbons (Fsp3) is 0.0870. The van der Waals surface area contributed by atoms with E-state index in [1.807, 2.05) is 0 Å². The van der Waals surface area contributed by atoms with Gasteiger partial charge < -0.3 is 14.5 Å². The van der Waals surface area contributed by atoms with Gasteiger partial charge in [0.05, 0.1) is 34.2 Å². The quantitative estimate of drug-likeness (QED) is 0.244. The van der Waals surface area contributed by atoms with Gasteiger partial charge in [-0.1, -0.05) is 35.9 Å². The second kappa shape index (κ2) is 9.59. The minimum atomic E-state index is -0.685. The number of benzene rings is 3. The number of ether oxygens (including phenoxy) is 2. The predicted octanol–water partition coefficient (Wildman–Crippen LogP) is 3.72. The van der Waals surface area contributed by atoms with Crippen molar-refractivity contribution in [2.24, 2.45) is 5.10 Å². The fourth-order valence-corrected chi connectivity index (χ4v) is 3.53. The van der Waals surface area contributed by atoms with E-state index in [-0.39, 0.29) is 28.8 Å². The van der Waals surface area contributed by atoms with E-state index in [4.69, 9.17) is 21.1 Å². The van der Waals surface area contributed by atoms with Crippen molar-refractivity contribution >= 4 is 34.4 Å². The van der Waals surface area contributed by atoms with Crippen LogP contribution in [0.1, 0.15) is 11.1 Å². The van der Waals surface area contributed by atoms with Crippen LogP contribution in [0.2, 0.25) is 5.02 Å². The molecule has 172 valence electrons. The van der Waals surface area contributed by atoms with E-state index in [1.54, 1.807) is 42.5 Å². The van der Waals surface area contributed by atoms with Crippen molar-refractivity contribution in [3.8, 4) is 11.5 Å². The maximum Gasteiger partial charge on any atom is 0.349 e. The minimum Gasteiger partial charge on any atom is -0.493 e. The number of nitro groups is 1. The van der Waals surface area contributed by atoms with Gasteiger partial charge in [0, 0.05) is 12.1 Å². The number of nitrogens with one attached hydrogen (secondary N) is 1. The number of nitro benzene ring substituents is 1. The van der Waals surface area contributed by atoms with Gasteiger partial charge >= 0.3 is 5.69 Å². The summed E-state index contributed by atoms with van der Waals surface area (Å²) >= 11 is 6.37. The molecule has 0 spiro atoms. The number of nitrogens with zero attached hydrogens (tertiary/aromatic N) is 3. The number of H-pyrrole nitrogens is 1. The molecule has 4 aromatic rings. The molecule has 0 radical (unpaired) electrons. The van der Waals surface area contributed by atoms with E-state index in [2.05, 4.69) is 10.1 Å². The number of aromatic nitrogens is 2. The highest BCUT2D eigenvalue weighted by atomic mass is 35.5. The Kier molecular flexibility index (Phi) is 6.42. The summed E-state index contributed by atoms with van der Waals surface area (Å²) in [6.07, 6.45) is 1.30. The van der Waals surface area contributed by atoms with Crippen molar-refractivity contribution in [1.29, 1.82) is 0 Å². The number of halogens is 1. The monoisotopic (exact) mass is 480 g/mol. The van der Waals surface area contributed by atoms with Gasteiger partial charge in [0.25, 0.3) is 11.2 Å². The molecule has 3 aromatic carbocycles. The molecule has 0 fully saturated rings. The van der Waals surface area contributed by atoms with Gasteiger partial charge in [-0.25, -0.2) is 4.79 Å². The zero-order chi connectivity index (χ0) is 24.2. The molecule has 4 rings (SSSR count). The summed E-state index contributed by atoms with van der Waals surface area (Å²) in [4.78, 5) is 38.0. The van der Waals surface area contributed by atoms with Gasteiger partial charge in [-0.15, -0.1) is 4.68 Å². The molecular formula is C23H17ClN4O6.